The highest BCUT2D eigenvalue weighted by Gasteiger charge is 2.38. The Balaban J connectivity index is 2.05. The summed E-state index contributed by atoms with van der Waals surface area (Å²) in [6.07, 6.45) is 5.18. The summed E-state index contributed by atoms with van der Waals surface area (Å²) in [4.78, 5) is 2.33. The molecule has 0 aromatic carbocycles. The fourth-order valence-electron chi connectivity index (χ4n) is 3.32. The van der Waals surface area contributed by atoms with Crippen molar-refractivity contribution in [2.24, 2.45) is 0 Å². The second-order valence-corrected chi connectivity index (χ2v) is 7.74. The predicted octanol–water partition coefficient (Wildman–Crippen LogP) is 1.52. The third kappa shape index (κ3) is 3.53. The van der Waals surface area contributed by atoms with Gasteiger partial charge in [-0.3, -0.25) is 0 Å². The van der Waals surface area contributed by atoms with Crippen molar-refractivity contribution in [3.8, 4) is 0 Å². The summed E-state index contributed by atoms with van der Waals surface area (Å²) in [6, 6.07) is 0.168. The van der Waals surface area contributed by atoms with Gasteiger partial charge in [-0.05, 0) is 38.8 Å². The molecule has 1 atom stereocenters. The molecule has 5 nitrogen and oxygen atoms in total. The average molecular weight is 303 g/mol. The molecule has 1 unspecified atom stereocenters. The summed E-state index contributed by atoms with van der Waals surface area (Å²) in [5.41, 5.74) is 0. The number of likely N-dealkylation sites (N-methyl/N-ethyl adjacent to an activating group) is 1. The van der Waals surface area contributed by atoms with E-state index in [1.165, 1.54) is 0 Å². The van der Waals surface area contributed by atoms with Gasteiger partial charge in [0, 0.05) is 32.2 Å². The average Bonchev–Trinajstić information content (AvgIpc) is 2.94. The molecule has 0 aliphatic carbocycles. The normalized spacial score (nSPS) is 26.4. The number of hydrogen-bond acceptors (Lipinski definition) is 3. The van der Waals surface area contributed by atoms with Crippen molar-refractivity contribution in [3.63, 3.8) is 0 Å². The highest BCUT2D eigenvalue weighted by Crippen LogP contribution is 2.26. The Kier molecular flexibility index (Phi) is 5.84. The maximum atomic E-state index is 12.8. The number of rotatable bonds is 6. The van der Waals surface area contributed by atoms with Crippen LogP contribution in [-0.4, -0.2) is 67.2 Å². The van der Waals surface area contributed by atoms with Gasteiger partial charge in [0.25, 0.3) is 10.2 Å². The van der Waals surface area contributed by atoms with E-state index in [-0.39, 0.29) is 6.04 Å². The predicted molar refractivity (Wildman–Crippen MR) is 81.9 cm³/mol. The molecule has 2 fully saturated rings. The molecule has 0 bridgehead atoms. The second kappa shape index (κ2) is 7.20. The molecule has 0 radical (unpaired) electrons. The minimum absolute atomic E-state index is 0.168. The van der Waals surface area contributed by atoms with E-state index in [9.17, 15) is 8.42 Å². The van der Waals surface area contributed by atoms with Crippen LogP contribution in [-0.2, 0) is 10.2 Å². The lowest BCUT2D eigenvalue weighted by Crippen LogP contribution is -2.50. The molecule has 0 saturated carbocycles. The Labute approximate surface area is 124 Å². The maximum Gasteiger partial charge on any atom is 0.282 e. The Hall–Kier alpha value is -0.170. The van der Waals surface area contributed by atoms with Crippen molar-refractivity contribution in [1.29, 1.82) is 0 Å². The zero-order chi connectivity index (χ0) is 14.6. The zero-order valence-electron chi connectivity index (χ0n) is 12.9. The summed E-state index contributed by atoms with van der Waals surface area (Å²) >= 11 is 0. The first kappa shape index (κ1) is 16.2. The van der Waals surface area contributed by atoms with Crippen LogP contribution in [0.5, 0.6) is 0 Å². The maximum absolute atomic E-state index is 12.8. The van der Waals surface area contributed by atoms with E-state index in [0.29, 0.717) is 19.6 Å². The van der Waals surface area contributed by atoms with Crippen LogP contribution in [0.3, 0.4) is 0 Å². The smallest absolute Gasteiger partial charge is 0.282 e. The first-order valence-electron chi connectivity index (χ1n) is 8.08. The van der Waals surface area contributed by atoms with Gasteiger partial charge in [-0.15, -0.1) is 0 Å². The molecule has 2 rings (SSSR count). The lowest BCUT2D eigenvalue weighted by molar-refractivity contribution is 0.225. The van der Waals surface area contributed by atoms with Crippen molar-refractivity contribution in [2.75, 3.05) is 39.3 Å². The molecule has 0 aromatic rings. The molecule has 2 aliphatic rings. The van der Waals surface area contributed by atoms with E-state index >= 15 is 0 Å². The molecule has 0 aromatic heterocycles. The van der Waals surface area contributed by atoms with Crippen molar-refractivity contribution >= 4 is 10.2 Å². The highest BCUT2D eigenvalue weighted by atomic mass is 32.2. The van der Waals surface area contributed by atoms with Gasteiger partial charge in [-0.2, -0.15) is 17.0 Å². The van der Waals surface area contributed by atoms with Crippen LogP contribution in [0.4, 0.5) is 0 Å². The van der Waals surface area contributed by atoms with E-state index in [4.69, 9.17) is 0 Å². The van der Waals surface area contributed by atoms with E-state index < -0.39 is 10.2 Å². The summed E-state index contributed by atoms with van der Waals surface area (Å²) in [5.74, 6) is 0. The minimum Gasteiger partial charge on any atom is -0.302 e. The molecule has 6 heteroatoms. The third-order valence-corrected chi connectivity index (χ3v) is 6.72. The first-order valence-corrected chi connectivity index (χ1v) is 9.48. The summed E-state index contributed by atoms with van der Waals surface area (Å²) < 4.78 is 29.1. The fourth-order valence-corrected chi connectivity index (χ4v) is 5.24. The van der Waals surface area contributed by atoms with Crippen LogP contribution < -0.4 is 0 Å². The number of hydrogen-bond donors (Lipinski definition) is 0. The monoisotopic (exact) mass is 303 g/mol. The second-order valence-electron chi connectivity index (χ2n) is 5.86. The third-order valence-electron chi connectivity index (χ3n) is 4.62. The van der Waals surface area contributed by atoms with Crippen LogP contribution in [0.1, 0.15) is 46.0 Å². The quantitative estimate of drug-likeness (QED) is 0.747. The van der Waals surface area contributed by atoms with Gasteiger partial charge < -0.3 is 4.90 Å². The largest absolute Gasteiger partial charge is 0.302 e. The van der Waals surface area contributed by atoms with Gasteiger partial charge in [-0.1, -0.05) is 20.3 Å². The lowest BCUT2D eigenvalue weighted by Gasteiger charge is -2.34. The SMILES string of the molecule is CCN(CC)CC1CCCN1S(=O)(=O)N1CCCCC1. The van der Waals surface area contributed by atoms with Crippen LogP contribution in [0.2, 0.25) is 0 Å². The van der Waals surface area contributed by atoms with Gasteiger partial charge in [0.2, 0.25) is 0 Å². The molecule has 2 saturated heterocycles. The Bertz CT molecular complexity index is 389. The van der Waals surface area contributed by atoms with Crippen molar-refractivity contribution in [3.05, 3.63) is 0 Å². The number of piperidine rings is 1. The van der Waals surface area contributed by atoms with Crippen LogP contribution in [0, 0.1) is 0 Å². The number of nitrogens with zero attached hydrogens (tertiary/aromatic N) is 3. The summed E-state index contributed by atoms with van der Waals surface area (Å²) in [6.45, 7) is 9.25. The molecular weight excluding hydrogens is 274 g/mol. The van der Waals surface area contributed by atoms with Gasteiger partial charge >= 0.3 is 0 Å². The summed E-state index contributed by atoms with van der Waals surface area (Å²) in [5, 5.41) is 0. The molecule has 0 amide bonds. The van der Waals surface area contributed by atoms with E-state index in [1.807, 2.05) is 0 Å². The Morgan fingerprint density at radius 2 is 1.65 bits per heavy atom. The van der Waals surface area contributed by atoms with Gasteiger partial charge in [0.15, 0.2) is 0 Å². The molecule has 118 valence electrons. The van der Waals surface area contributed by atoms with E-state index in [0.717, 1.165) is 51.7 Å². The molecule has 20 heavy (non-hydrogen) atoms. The Morgan fingerprint density at radius 1 is 1.00 bits per heavy atom. The van der Waals surface area contributed by atoms with E-state index in [2.05, 4.69) is 18.7 Å². The van der Waals surface area contributed by atoms with Gasteiger partial charge in [-0.25, -0.2) is 0 Å². The van der Waals surface area contributed by atoms with Crippen LogP contribution in [0.25, 0.3) is 0 Å². The van der Waals surface area contributed by atoms with Crippen LogP contribution in [0.15, 0.2) is 0 Å². The van der Waals surface area contributed by atoms with Crippen LogP contribution >= 0.6 is 0 Å². The van der Waals surface area contributed by atoms with Crippen molar-refractivity contribution in [2.45, 2.75) is 52.0 Å². The lowest BCUT2D eigenvalue weighted by atomic mass is 10.2. The molecule has 0 spiro atoms. The Morgan fingerprint density at radius 3 is 2.25 bits per heavy atom. The minimum atomic E-state index is -3.23. The highest BCUT2D eigenvalue weighted by molar-refractivity contribution is 7.86. The molecule has 0 N–H and O–H groups in total. The zero-order valence-corrected chi connectivity index (χ0v) is 13.7. The molecule has 2 heterocycles. The van der Waals surface area contributed by atoms with Gasteiger partial charge in [0.1, 0.15) is 0 Å². The standard InChI is InChI=1S/C14H29N3O2S/c1-3-15(4-2)13-14-9-8-12-17(14)20(18,19)16-10-6-5-7-11-16/h14H,3-13H2,1-2H3. The van der Waals surface area contributed by atoms with Crippen molar-refractivity contribution in [1.82, 2.24) is 13.5 Å². The molecule has 2 aliphatic heterocycles. The van der Waals surface area contributed by atoms with E-state index in [1.54, 1.807) is 8.61 Å². The molecular formula is C14H29N3O2S. The summed E-state index contributed by atoms with van der Waals surface area (Å²) in [7, 11) is -3.23. The van der Waals surface area contributed by atoms with Gasteiger partial charge in [0.05, 0.1) is 0 Å². The first-order chi connectivity index (χ1) is 9.59. The van der Waals surface area contributed by atoms with Crippen molar-refractivity contribution < 1.29 is 8.42 Å². The fraction of sp³-hybridized carbons (Fsp3) is 1.00. The topological polar surface area (TPSA) is 43.9 Å².